The molecule has 0 unspecified atom stereocenters. The van der Waals surface area contributed by atoms with E-state index < -0.39 is 0 Å². The summed E-state index contributed by atoms with van der Waals surface area (Å²) in [6.45, 7) is 6.89. The van der Waals surface area contributed by atoms with Crippen molar-refractivity contribution in [1.82, 2.24) is 0 Å². The molecule has 1 rings (SSSR count). The molecule has 0 aromatic carbocycles. The van der Waals surface area contributed by atoms with Crippen LogP contribution in [0.15, 0.2) is 11.8 Å². The molecule has 82 valence electrons. The molecule has 0 atom stereocenters. The van der Waals surface area contributed by atoms with E-state index in [9.17, 15) is 0 Å². The van der Waals surface area contributed by atoms with Crippen molar-refractivity contribution in [3.05, 3.63) is 11.8 Å². The largest absolute Gasteiger partial charge is 0.501 e. The summed E-state index contributed by atoms with van der Waals surface area (Å²) in [5.74, 6) is 0.874. The molecule has 1 fully saturated rings. The van der Waals surface area contributed by atoms with Crippen molar-refractivity contribution in [2.24, 2.45) is 5.92 Å². The quantitative estimate of drug-likeness (QED) is 0.499. The highest BCUT2D eigenvalue weighted by Gasteiger charge is 2.12. The van der Waals surface area contributed by atoms with Crippen LogP contribution in [0, 0.1) is 5.92 Å². The Bertz CT molecular complexity index is 165. The molecular formula is C12H22O2. The summed E-state index contributed by atoms with van der Waals surface area (Å²) in [4.78, 5) is 0. The van der Waals surface area contributed by atoms with Crippen LogP contribution >= 0.6 is 0 Å². The number of hydrogen-bond acceptors (Lipinski definition) is 2. The second kappa shape index (κ2) is 6.88. The summed E-state index contributed by atoms with van der Waals surface area (Å²) >= 11 is 0. The summed E-state index contributed by atoms with van der Waals surface area (Å²) < 4.78 is 10.7. The summed E-state index contributed by atoms with van der Waals surface area (Å²) in [6.07, 6.45) is 6.80. The average molecular weight is 198 g/mol. The van der Waals surface area contributed by atoms with Gasteiger partial charge in [0.05, 0.1) is 12.9 Å². The van der Waals surface area contributed by atoms with Crippen molar-refractivity contribution >= 4 is 0 Å². The Hall–Kier alpha value is -0.500. The van der Waals surface area contributed by atoms with Gasteiger partial charge in [0.2, 0.25) is 0 Å². The maximum atomic E-state index is 5.39. The van der Waals surface area contributed by atoms with Crippen molar-refractivity contribution in [3.8, 4) is 0 Å². The molecule has 2 heteroatoms. The Morgan fingerprint density at radius 3 is 2.71 bits per heavy atom. The summed E-state index contributed by atoms with van der Waals surface area (Å²) in [5, 5.41) is 0. The topological polar surface area (TPSA) is 18.5 Å². The smallest absolute Gasteiger partial charge is 0.0873 e. The lowest BCUT2D eigenvalue weighted by Crippen LogP contribution is -2.15. The Kier molecular flexibility index (Phi) is 5.69. The van der Waals surface area contributed by atoms with Gasteiger partial charge < -0.3 is 9.47 Å². The van der Waals surface area contributed by atoms with E-state index in [-0.39, 0.29) is 0 Å². The van der Waals surface area contributed by atoms with Gasteiger partial charge in [0.25, 0.3) is 0 Å². The fraction of sp³-hybridized carbons (Fsp3) is 0.833. The van der Waals surface area contributed by atoms with Gasteiger partial charge in [0, 0.05) is 13.2 Å². The number of allylic oxidation sites excluding steroid dienone is 1. The molecule has 1 aliphatic heterocycles. The van der Waals surface area contributed by atoms with E-state index in [1.807, 2.05) is 6.26 Å². The first kappa shape index (κ1) is 11.6. The fourth-order valence-electron chi connectivity index (χ4n) is 1.72. The normalized spacial score (nSPS) is 17.9. The molecule has 14 heavy (non-hydrogen) atoms. The zero-order chi connectivity index (χ0) is 10.2. The van der Waals surface area contributed by atoms with Gasteiger partial charge in [-0.1, -0.05) is 0 Å². The first-order valence-corrected chi connectivity index (χ1v) is 5.62. The fourth-order valence-corrected chi connectivity index (χ4v) is 1.72. The lowest BCUT2D eigenvalue weighted by atomic mass is 9.95. The molecule has 0 radical (unpaired) electrons. The number of ether oxygens (including phenoxy) is 2. The van der Waals surface area contributed by atoms with E-state index in [1.54, 1.807) is 0 Å². The molecular weight excluding hydrogens is 176 g/mol. The maximum Gasteiger partial charge on any atom is 0.0873 e. The van der Waals surface area contributed by atoms with Crippen LogP contribution in [0.5, 0.6) is 0 Å². The van der Waals surface area contributed by atoms with Crippen LogP contribution < -0.4 is 0 Å². The highest BCUT2D eigenvalue weighted by atomic mass is 16.5. The molecule has 1 heterocycles. The van der Waals surface area contributed by atoms with Crippen LogP contribution in [0.25, 0.3) is 0 Å². The molecule has 0 saturated carbocycles. The Balaban J connectivity index is 1.95. The summed E-state index contributed by atoms with van der Waals surface area (Å²) in [5.41, 5.74) is 1.23. The van der Waals surface area contributed by atoms with Crippen molar-refractivity contribution in [2.75, 3.05) is 19.8 Å². The minimum absolute atomic E-state index is 0.864. The van der Waals surface area contributed by atoms with E-state index in [4.69, 9.17) is 9.47 Å². The highest BCUT2D eigenvalue weighted by Crippen LogP contribution is 2.19. The minimum Gasteiger partial charge on any atom is -0.501 e. The Morgan fingerprint density at radius 1 is 1.36 bits per heavy atom. The maximum absolute atomic E-state index is 5.39. The molecule has 0 spiro atoms. The van der Waals surface area contributed by atoms with Gasteiger partial charge >= 0.3 is 0 Å². The van der Waals surface area contributed by atoms with Crippen LogP contribution in [-0.4, -0.2) is 19.8 Å². The molecule has 0 N–H and O–H groups in total. The van der Waals surface area contributed by atoms with Gasteiger partial charge in [-0.2, -0.15) is 0 Å². The summed E-state index contributed by atoms with van der Waals surface area (Å²) in [6, 6.07) is 0. The zero-order valence-corrected chi connectivity index (χ0v) is 9.42. The van der Waals surface area contributed by atoms with E-state index >= 15 is 0 Å². The van der Waals surface area contributed by atoms with Crippen molar-refractivity contribution in [1.29, 1.82) is 0 Å². The van der Waals surface area contributed by atoms with Gasteiger partial charge in [-0.3, -0.25) is 0 Å². The van der Waals surface area contributed by atoms with Gasteiger partial charge in [0.1, 0.15) is 0 Å². The number of rotatable bonds is 5. The molecule has 2 nitrogen and oxygen atoms in total. The zero-order valence-electron chi connectivity index (χ0n) is 9.42. The summed E-state index contributed by atoms with van der Waals surface area (Å²) in [7, 11) is 0. The molecule has 0 aromatic heterocycles. The van der Waals surface area contributed by atoms with Crippen LogP contribution in [0.4, 0.5) is 0 Å². The molecule has 0 aromatic rings. The van der Waals surface area contributed by atoms with Crippen molar-refractivity contribution in [2.45, 2.75) is 39.5 Å². The van der Waals surface area contributed by atoms with Crippen molar-refractivity contribution < 1.29 is 9.47 Å². The van der Waals surface area contributed by atoms with E-state index in [0.717, 1.165) is 25.7 Å². The second-order valence-electron chi connectivity index (χ2n) is 4.26. The van der Waals surface area contributed by atoms with Crippen LogP contribution in [0.3, 0.4) is 0 Å². The predicted octanol–water partition coefficient (Wildman–Crippen LogP) is 3.13. The average Bonchev–Trinajstić information content (AvgIpc) is 2.18. The SMILES string of the molecule is CC(C)=COCCCC1CCOCC1. The Labute approximate surface area is 87.3 Å². The third-order valence-electron chi connectivity index (χ3n) is 2.53. The lowest BCUT2D eigenvalue weighted by Gasteiger charge is -2.21. The van der Waals surface area contributed by atoms with Gasteiger partial charge in [0.15, 0.2) is 0 Å². The van der Waals surface area contributed by atoms with E-state index in [2.05, 4.69) is 13.8 Å². The molecule has 0 bridgehead atoms. The van der Waals surface area contributed by atoms with E-state index in [1.165, 1.54) is 31.3 Å². The van der Waals surface area contributed by atoms with Crippen LogP contribution in [0.1, 0.15) is 39.5 Å². The van der Waals surface area contributed by atoms with Crippen LogP contribution in [0.2, 0.25) is 0 Å². The second-order valence-corrected chi connectivity index (χ2v) is 4.26. The molecule has 1 saturated heterocycles. The minimum atomic E-state index is 0.864. The van der Waals surface area contributed by atoms with E-state index in [0.29, 0.717) is 0 Å². The standard InChI is InChI=1S/C12H22O2/c1-11(2)10-14-7-3-4-12-5-8-13-9-6-12/h10,12H,3-9H2,1-2H3. The highest BCUT2D eigenvalue weighted by molar-refractivity contribution is 4.86. The molecule has 0 amide bonds. The third kappa shape index (κ3) is 5.28. The number of hydrogen-bond donors (Lipinski definition) is 0. The first-order valence-electron chi connectivity index (χ1n) is 5.62. The van der Waals surface area contributed by atoms with Gasteiger partial charge in [-0.05, 0) is 51.0 Å². The first-order chi connectivity index (χ1) is 6.79. The molecule has 0 aliphatic carbocycles. The lowest BCUT2D eigenvalue weighted by molar-refractivity contribution is 0.0613. The third-order valence-corrected chi connectivity index (χ3v) is 2.53. The van der Waals surface area contributed by atoms with Gasteiger partial charge in [-0.15, -0.1) is 0 Å². The molecule has 1 aliphatic rings. The van der Waals surface area contributed by atoms with Gasteiger partial charge in [-0.25, -0.2) is 0 Å². The monoisotopic (exact) mass is 198 g/mol. The van der Waals surface area contributed by atoms with Crippen molar-refractivity contribution in [3.63, 3.8) is 0 Å². The Morgan fingerprint density at radius 2 is 2.07 bits per heavy atom. The predicted molar refractivity (Wildman–Crippen MR) is 58.2 cm³/mol. The van der Waals surface area contributed by atoms with Crippen LogP contribution in [-0.2, 0) is 9.47 Å².